The third kappa shape index (κ3) is 3.78. The third-order valence-electron chi connectivity index (χ3n) is 4.54. The molecule has 1 saturated heterocycles. The van der Waals surface area contributed by atoms with E-state index in [2.05, 4.69) is 5.16 Å². The molecule has 5 heteroatoms. The fourth-order valence-electron chi connectivity index (χ4n) is 3.18. The molecule has 1 fully saturated rings. The van der Waals surface area contributed by atoms with Crippen LogP contribution in [0.15, 0.2) is 35.0 Å². The van der Waals surface area contributed by atoms with E-state index in [1.54, 1.807) is 6.92 Å². The quantitative estimate of drug-likeness (QED) is 0.865. The SMILES string of the molecule is Cc1oncc1C(=O)N1CCC[C@@H](CCc2ccc(F)cc2)C1. The van der Waals surface area contributed by atoms with Crippen molar-refractivity contribution in [2.24, 2.45) is 5.92 Å². The second kappa shape index (κ2) is 6.94. The lowest BCUT2D eigenvalue weighted by atomic mass is 9.91. The van der Waals surface area contributed by atoms with E-state index in [0.29, 0.717) is 17.2 Å². The normalized spacial score (nSPS) is 18.2. The fourth-order valence-corrected chi connectivity index (χ4v) is 3.18. The summed E-state index contributed by atoms with van der Waals surface area (Å²) in [6.45, 7) is 3.32. The van der Waals surface area contributed by atoms with Gasteiger partial charge in [0.15, 0.2) is 0 Å². The number of benzene rings is 1. The Morgan fingerprint density at radius 1 is 1.39 bits per heavy atom. The Balaban J connectivity index is 1.57. The van der Waals surface area contributed by atoms with Crippen molar-refractivity contribution in [1.82, 2.24) is 10.1 Å². The van der Waals surface area contributed by atoms with Gasteiger partial charge in [-0.05, 0) is 56.2 Å². The first-order valence-electron chi connectivity index (χ1n) is 8.08. The number of carbonyl (C=O) groups is 1. The van der Waals surface area contributed by atoms with Crippen molar-refractivity contribution >= 4 is 5.91 Å². The zero-order valence-corrected chi connectivity index (χ0v) is 13.3. The minimum Gasteiger partial charge on any atom is -0.361 e. The summed E-state index contributed by atoms with van der Waals surface area (Å²) in [5.41, 5.74) is 1.70. The number of piperidine rings is 1. The van der Waals surface area contributed by atoms with Crippen molar-refractivity contribution in [1.29, 1.82) is 0 Å². The summed E-state index contributed by atoms with van der Waals surface area (Å²) in [6.07, 6.45) is 5.58. The number of amides is 1. The van der Waals surface area contributed by atoms with Crippen molar-refractivity contribution in [3.05, 3.63) is 53.2 Å². The maximum absolute atomic E-state index is 12.9. The van der Waals surface area contributed by atoms with Crippen LogP contribution in [0.3, 0.4) is 0 Å². The molecule has 1 aromatic carbocycles. The minimum absolute atomic E-state index is 0.00947. The Morgan fingerprint density at radius 2 is 2.17 bits per heavy atom. The first-order chi connectivity index (χ1) is 11.1. The molecule has 0 N–H and O–H groups in total. The van der Waals surface area contributed by atoms with E-state index in [9.17, 15) is 9.18 Å². The maximum Gasteiger partial charge on any atom is 0.259 e. The second-order valence-electron chi connectivity index (χ2n) is 6.22. The molecule has 0 aliphatic carbocycles. The summed E-state index contributed by atoms with van der Waals surface area (Å²) in [7, 11) is 0. The molecule has 1 atom stereocenters. The van der Waals surface area contributed by atoms with Gasteiger partial charge in [-0.15, -0.1) is 0 Å². The van der Waals surface area contributed by atoms with E-state index in [-0.39, 0.29) is 11.7 Å². The van der Waals surface area contributed by atoms with E-state index in [1.807, 2.05) is 17.0 Å². The molecule has 1 aromatic heterocycles. The molecular weight excluding hydrogens is 295 g/mol. The minimum atomic E-state index is -0.202. The van der Waals surface area contributed by atoms with Crippen LogP contribution >= 0.6 is 0 Å². The summed E-state index contributed by atoms with van der Waals surface area (Å²) in [6, 6.07) is 6.67. The Hall–Kier alpha value is -2.17. The Labute approximate surface area is 135 Å². The van der Waals surface area contributed by atoms with Crippen LogP contribution in [-0.4, -0.2) is 29.1 Å². The number of hydrogen-bond donors (Lipinski definition) is 0. The van der Waals surface area contributed by atoms with Gasteiger partial charge in [0.25, 0.3) is 5.91 Å². The van der Waals surface area contributed by atoms with Gasteiger partial charge in [0.2, 0.25) is 0 Å². The van der Waals surface area contributed by atoms with Crippen LogP contribution in [0.4, 0.5) is 4.39 Å². The molecule has 23 heavy (non-hydrogen) atoms. The molecule has 0 radical (unpaired) electrons. The smallest absolute Gasteiger partial charge is 0.259 e. The molecule has 2 aromatic rings. The van der Waals surface area contributed by atoms with Crippen molar-refractivity contribution in [2.75, 3.05) is 13.1 Å². The molecule has 1 amide bonds. The van der Waals surface area contributed by atoms with Crippen LogP contribution in [0, 0.1) is 18.7 Å². The highest BCUT2D eigenvalue weighted by Gasteiger charge is 2.26. The predicted molar refractivity (Wildman–Crippen MR) is 84.6 cm³/mol. The summed E-state index contributed by atoms with van der Waals surface area (Å²) in [5.74, 6) is 0.865. The first-order valence-corrected chi connectivity index (χ1v) is 8.08. The molecule has 0 unspecified atom stereocenters. The van der Waals surface area contributed by atoms with Gasteiger partial charge < -0.3 is 9.42 Å². The Bertz CT molecular complexity index is 666. The summed E-state index contributed by atoms with van der Waals surface area (Å²) in [4.78, 5) is 14.4. The van der Waals surface area contributed by atoms with Crippen LogP contribution in [0.25, 0.3) is 0 Å². The highest BCUT2D eigenvalue weighted by atomic mass is 19.1. The van der Waals surface area contributed by atoms with Gasteiger partial charge >= 0.3 is 0 Å². The molecule has 3 rings (SSSR count). The molecule has 1 aliphatic heterocycles. The summed E-state index contributed by atoms with van der Waals surface area (Å²) in [5, 5.41) is 3.69. The van der Waals surface area contributed by atoms with Gasteiger partial charge in [-0.25, -0.2) is 4.39 Å². The van der Waals surface area contributed by atoms with E-state index in [4.69, 9.17) is 4.52 Å². The molecule has 1 aliphatic rings. The zero-order chi connectivity index (χ0) is 16.2. The maximum atomic E-state index is 12.9. The molecule has 0 bridgehead atoms. The number of nitrogens with zero attached hydrogens (tertiary/aromatic N) is 2. The second-order valence-corrected chi connectivity index (χ2v) is 6.22. The van der Waals surface area contributed by atoms with Crippen LogP contribution in [0.2, 0.25) is 0 Å². The van der Waals surface area contributed by atoms with E-state index < -0.39 is 0 Å². The van der Waals surface area contributed by atoms with Crippen LogP contribution in [0.1, 0.15) is 40.9 Å². The number of likely N-dealkylation sites (tertiary alicyclic amines) is 1. The van der Waals surface area contributed by atoms with Gasteiger partial charge in [0.05, 0.1) is 6.20 Å². The third-order valence-corrected chi connectivity index (χ3v) is 4.54. The van der Waals surface area contributed by atoms with Crippen LogP contribution < -0.4 is 0 Å². The number of halogens is 1. The fraction of sp³-hybridized carbons (Fsp3) is 0.444. The lowest BCUT2D eigenvalue weighted by Gasteiger charge is -2.32. The van der Waals surface area contributed by atoms with Crippen LogP contribution in [-0.2, 0) is 6.42 Å². The lowest BCUT2D eigenvalue weighted by Crippen LogP contribution is -2.40. The molecule has 0 spiro atoms. The molecule has 0 saturated carbocycles. The highest BCUT2D eigenvalue weighted by molar-refractivity contribution is 5.94. The number of hydrogen-bond acceptors (Lipinski definition) is 3. The standard InChI is InChI=1S/C18H21FN2O2/c1-13-17(11-20-23-13)18(22)21-10-2-3-15(12-21)5-4-14-6-8-16(19)9-7-14/h6-9,11,15H,2-5,10,12H2,1H3/t15-/m0/s1. The van der Waals surface area contributed by atoms with Gasteiger partial charge in [-0.1, -0.05) is 17.3 Å². The highest BCUT2D eigenvalue weighted by Crippen LogP contribution is 2.23. The Kier molecular flexibility index (Phi) is 4.74. The van der Waals surface area contributed by atoms with Gasteiger partial charge in [-0.3, -0.25) is 4.79 Å². The molecule has 2 heterocycles. The predicted octanol–water partition coefficient (Wildman–Crippen LogP) is 3.61. The number of aryl methyl sites for hydroxylation is 2. The topological polar surface area (TPSA) is 46.3 Å². The van der Waals surface area contributed by atoms with E-state index in [0.717, 1.165) is 44.3 Å². The number of rotatable bonds is 4. The van der Waals surface area contributed by atoms with Crippen molar-refractivity contribution < 1.29 is 13.7 Å². The number of carbonyl (C=O) groups excluding carboxylic acids is 1. The zero-order valence-electron chi connectivity index (χ0n) is 13.3. The molecular formula is C18H21FN2O2. The van der Waals surface area contributed by atoms with Gasteiger partial charge in [-0.2, -0.15) is 0 Å². The van der Waals surface area contributed by atoms with Crippen molar-refractivity contribution in [3.63, 3.8) is 0 Å². The van der Waals surface area contributed by atoms with Gasteiger partial charge in [0.1, 0.15) is 17.1 Å². The number of aromatic nitrogens is 1. The largest absolute Gasteiger partial charge is 0.361 e. The van der Waals surface area contributed by atoms with Crippen molar-refractivity contribution in [3.8, 4) is 0 Å². The average Bonchev–Trinajstić information content (AvgIpc) is 3.00. The summed E-state index contributed by atoms with van der Waals surface area (Å²) >= 11 is 0. The van der Waals surface area contributed by atoms with Crippen molar-refractivity contribution in [2.45, 2.75) is 32.6 Å². The van der Waals surface area contributed by atoms with E-state index >= 15 is 0 Å². The Morgan fingerprint density at radius 3 is 2.87 bits per heavy atom. The summed E-state index contributed by atoms with van der Waals surface area (Å²) < 4.78 is 17.9. The van der Waals surface area contributed by atoms with Crippen LogP contribution in [0.5, 0.6) is 0 Å². The monoisotopic (exact) mass is 316 g/mol. The lowest BCUT2D eigenvalue weighted by molar-refractivity contribution is 0.0666. The van der Waals surface area contributed by atoms with E-state index in [1.165, 1.54) is 18.3 Å². The molecule has 4 nitrogen and oxygen atoms in total. The van der Waals surface area contributed by atoms with Gasteiger partial charge in [0, 0.05) is 13.1 Å². The molecule has 122 valence electrons. The average molecular weight is 316 g/mol. The first kappa shape index (κ1) is 15.7.